The molecule has 8 heteroatoms. The number of amides is 1. The Bertz CT molecular complexity index is 399. The van der Waals surface area contributed by atoms with E-state index in [1.165, 1.54) is 0 Å². The molecule has 1 amide bonds. The molecule has 0 fully saturated rings. The quantitative estimate of drug-likeness (QED) is 0.167. The molecule has 0 aliphatic carbocycles. The van der Waals surface area contributed by atoms with E-state index in [9.17, 15) is 14.4 Å². The first-order chi connectivity index (χ1) is 11.1. The van der Waals surface area contributed by atoms with Gasteiger partial charge < -0.3 is 19.5 Å². The number of alkyl halides is 1. The van der Waals surface area contributed by atoms with Crippen molar-refractivity contribution in [1.82, 2.24) is 5.32 Å². The van der Waals surface area contributed by atoms with E-state index in [0.29, 0.717) is 37.8 Å². The topological polar surface area (TPSA) is 90.9 Å². The number of rotatable bonds is 13. The lowest BCUT2D eigenvalue weighted by atomic mass is 10.1. The number of hydrogen-bond acceptors (Lipinski definition) is 6. The van der Waals surface area contributed by atoms with Crippen LogP contribution in [0.5, 0.6) is 0 Å². The SMILES string of the molecule is CCOC(=O)COCCCC(=CC(NC=O)C(=O)OCC)CBr. The molecule has 0 rings (SSSR count). The van der Waals surface area contributed by atoms with Crippen LogP contribution in [-0.4, -0.2) is 56.1 Å². The number of ether oxygens (including phenoxy) is 3. The van der Waals surface area contributed by atoms with Crippen LogP contribution in [0.15, 0.2) is 11.6 Å². The minimum Gasteiger partial charge on any atom is -0.464 e. The predicted octanol–water partition coefficient (Wildman–Crippen LogP) is 1.35. The Morgan fingerprint density at radius 3 is 2.48 bits per heavy atom. The largest absolute Gasteiger partial charge is 0.464 e. The van der Waals surface area contributed by atoms with Gasteiger partial charge in [-0.25, -0.2) is 9.59 Å². The van der Waals surface area contributed by atoms with Crippen LogP contribution < -0.4 is 5.32 Å². The summed E-state index contributed by atoms with van der Waals surface area (Å²) < 4.78 is 14.8. The third-order valence-corrected chi connectivity index (χ3v) is 3.39. The van der Waals surface area contributed by atoms with Crippen LogP contribution in [0.25, 0.3) is 0 Å². The second kappa shape index (κ2) is 14.2. The first-order valence-electron chi connectivity index (χ1n) is 7.44. The van der Waals surface area contributed by atoms with E-state index < -0.39 is 12.0 Å². The maximum atomic E-state index is 11.7. The molecule has 0 aromatic heterocycles. The van der Waals surface area contributed by atoms with Crippen LogP contribution in [0, 0.1) is 0 Å². The van der Waals surface area contributed by atoms with E-state index in [0.717, 1.165) is 5.57 Å². The van der Waals surface area contributed by atoms with Crippen LogP contribution >= 0.6 is 15.9 Å². The number of carbonyl (C=O) groups excluding carboxylic acids is 3. The van der Waals surface area contributed by atoms with Crippen molar-refractivity contribution in [3.05, 3.63) is 11.6 Å². The van der Waals surface area contributed by atoms with Crippen molar-refractivity contribution >= 4 is 34.3 Å². The number of allylic oxidation sites excluding steroid dienone is 1. The maximum absolute atomic E-state index is 11.7. The molecule has 7 nitrogen and oxygen atoms in total. The minimum absolute atomic E-state index is 0.0701. The molecular formula is C15H24BrNO6. The summed E-state index contributed by atoms with van der Waals surface area (Å²) in [5, 5.41) is 2.97. The molecule has 0 saturated heterocycles. The number of nitrogens with one attached hydrogen (secondary N) is 1. The van der Waals surface area contributed by atoms with Gasteiger partial charge in [-0.3, -0.25) is 4.79 Å². The third kappa shape index (κ3) is 10.9. The Kier molecular flexibility index (Phi) is 13.3. The molecule has 0 bridgehead atoms. The monoisotopic (exact) mass is 393 g/mol. The fraction of sp³-hybridized carbons (Fsp3) is 0.667. The number of carbonyl (C=O) groups is 3. The molecule has 23 heavy (non-hydrogen) atoms. The van der Waals surface area contributed by atoms with Crippen molar-refractivity contribution in [3.63, 3.8) is 0 Å². The molecule has 0 aliphatic heterocycles. The van der Waals surface area contributed by atoms with Gasteiger partial charge >= 0.3 is 11.9 Å². The van der Waals surface area contributed by atoms with E-state index in [-0.39, 0.29) is 19.2 Å². The zero-order valence-corrected chi connectivity index (χ0v) is 15.1. The first-order valence-corrected chi connectivity index (χ1v) is 8.56. The molecule has 0 heterocycles. The van der Waals surface area contributed by atoms with Gasteiger partial charge in [-0.15, -0.1) is 0 Å². The fourth-order valence-corrected chi connectivity index (χ4v) is 2.15. The Hall–Kier alpha value is -1.41. The molecule has 132 valence electrons. The lowest BCUT2D eigenvalue weighted by Crippen LogP contribution is -2.36. The maximum Gasteiger partial charge on any atom is 0.332 e. The zero-order valence-electron chi connectivity index (χ0n) is 13.5. The van der Waals surface area contributed by atoms with E-state index in [2.05, 4.69) is 21.2 Å². The van der Waals surface area contributed by atoms with Crippen molar-refractivity contribution in [2.45, 2.75) is 32.7 Å². The molecule has 0 aromatic carbocycles. The Balaban J connectivity index is 4.30. The van der Waals surface area contributed by atoms with Crippen LogP contribution in [0.3, 0.4) is 0 Å². The third-order valence-electron chi connectivity index (χ3n) is 2.67. The van der Waals surface area contributed by atoms with Crippen molar-refractivity contribution in [3.8, 4) is 0 Å². The molecule has 0 saturated carbocycles. The molecule has 0 aliphatic rings. The van der Waals surface area contributed by atoms with E-state index in [4.69, 9.17) is 14.2 Å². The number of esters is 2. The predicted molar refractivity (Wildman–Crippen MR) is 88.2 cm³/mol. The summed E-state index contributed by atoms with van der Waals surface area (Å²) in [6.07, 6.45) is 3.46. The van der Waals surface area contributed by atoms with Gasteiger partial charge in [-0.05, 0) is 26.7 Å². The highest BCUT2D eigenvalue weighted by Crippen LogP contribution is 2.11. The highest BCUT2D eigenvalue weighted by Gasteiger charge is 2.16. The van der Waals surface area contributed by atoms with Gasteiger partial charge in [0.05, 0.1) is 13.2 Å². The van der Waals surface area contributed by atoms with Crippen LogP contribution in [0.2, 0.25) is 0 Å². The van der Waals surface area contributed by atoms with Gasteiger partial charge in [-0.2, -0.15) is 0 Å². The summed E-state index contributed by atoms with van der Waals surface area (Å²) in [5.74, 6) is -0.891. The number of hydrogen-bond donors (Lipinski definition) is 1. The molecule has 1 unspecified atom stereocenters. The Labute approximate surface area is 144 Å². The second-order valence-electron chi connectivity index (χ2n) is 4.43. The lowest BCUT2D eigenvalue weighted by Gasteiger charge is -2.13. The molecule has 0 spiro atoms. The average molecular weight is 394 g/mol. The van der Waals surface area contributed by atoms with Crippen LogP contribution in [0.1, 0.15) is 26.7 Å². The standard InChI is InChI=1S/C15H24BrNO6/c1-3-22-14(19)10-21-7-5-6-12(9-16)8-13(17-11-18)15(20)23-4-2/h8,11,13H,3-7,9-10H2,1-2H3,(H,17,18). The number of halogens is 1. The molecule has 1 atom stereocenters. The van der Waals surface area contributed by atoms with Gasteiger partial charge in [0, 0.05) is 11.9 Å². The van der Waals surface area contributed by atoms with Crippen molar-refractivity contribution in [1.29, 1.82) is 0 Å². The van der Waals surface area contributed by atoms with Crippen molar-refractivity contribution in [2.75, 3.05) is 31.8 Å². The lowest BCUT2D eigenvalue weighted by molar-refractivity contribution is -0.148. The van der Waals surface area contributed by atoms with E-state index in [1.54, 1.807) is 19.9 Å². The summed E-state index contributed by atoms with van der Waals surface area (Å²) in [6.45, 7) is 4.34. The summed E-state index contributed by atoms with van der Waals surface area (Å²) >= 11 is 3.35. The van der Waals surface area contributed by atoms with Gasteiger partial charge in [0.2, 0.25) is 6.41 Å². The highest BCUT2D eigenvalue weighted by molar-refractivity contribution is 9.09. The van der Waals surface area contributed by atoms with Gasteiger partial charge in [0.1, 0.15) is 12.6 Å². The molecule has 1 N–H and O–H groups in total. The summed E-state index contributed by atoms with van der Waals surface area (Å²) in [5.41, 5.74) is 0.928. The van der Waals surface area contributed by atoms with Crippen molar-refractivity contribution in [2.24, 2.45) is 0 Å². The molecule has 0 aromatic rings. The Morgan fingerprint density at radius 1 is 1.22 bits per heavy atom. The molecular weight excluding hydrogens is 370 g/mol. The summed E-state index contributed by atoms with van der Waals surface area (Å²) in [4.78, 5) is 33.4. The average Bonchev–Trinajstić information content (AvgIpc) is 2.53. The normalized spacial score (nSPS) is 12.4. The summed E-state index contributed by atoms with van der Waals surface area (Å²) in [7, 11) is 0. The van der Waals surface area contributed by atoms with E-state index >= 15 is 0 Å². The Morgan fingerprint density at radius 2 is 1.91 bits per heavy atom. The van der Waals surface area contributed by atoms with Gasteiger partial charge in [0.15, 0.2) is 0 Å². The van der Waals surface area contributed by atoms with Crippen LogP contribution in [0.4, 0.5) is 0 Å². The smallest absolute Gasteiger partial charge is 0.332 e. The second-order valence-corrected chi connectivity index (χ2v) is 4.99. The zero-order chi connectivity index (χ0) is 17.5. The molecule has 0 radical (unpaired) electrons. The van der Waals surface area contributed by atoms with Gasteiger partial charge in [0.25, 0.3) is 0 Å². The van der Waals surface area contributed by atoms with Gasteiger partial charge in [-0.1, -0.05) is 27.6 Å². The summed E-state index contributed by atoms with van der Waals surface area (Å²) in [6, 6.07) is -0.805. The van der Waals surface area contributed by atoms with Crippen molar-refractivity contribution < 1.29 is 28.6 Å². The fourth-order valence-electron chi connectivity index (χ4n) is 1.68. The van der Waals surface area contributed by atoms with E-state index in [1.807, 2.05) is 0 Å². The first kappa shape index (κ1) is 21.6. The van der Waals surface area contributed by atoms with Crippen LogP contribution in [-0.2, 0) is 28.6 Å². The minimum atomic E-state index is -0.805. The highest BCUT2D eigenvalue weighted by atomic mass is 79.9.